The Bertz CT molecular complexity index is 1570. The van der Waals surface area contributed by atoms with E-state index in [9.17, 15) is 19.5 Å². The van der Waals surface area contributed by atoms with Crippen LogP contribution in [-0.4, -0.2) is 51.7 Å². The zero-order valence-corrected chi connectivity index (χ0v) is 19.3. The minimum absolute atomic E-state index is 0.0628. The molecule has 5 rings (SSSR count). The summed E-state index contributed by atoms with van der Waals surface area (Å²) in [6.07, 6.45) is 1.32. The van der Waals surface area contributed by atoms with E-state index in [0.29, 0.717) is 50.5 Å². The monoisotopic (exact) mass is 476 g/mol. The first-order valence-electron chi connectivity index (χ1n) is 11.5. The normalized spacial score (nSPS) is 14.6. The molecule has 3 heterocycles. The quantitative estimate of drug-likeness (QED) is 0.460. The highest BCUT2D eigenvalue weighted by atomic mass is 19.1. The Morgan fingerprint density at radius 1 is 1.06 bits per heavy atom. The summed E-state index contributed by atoms with van der Waals surface area (Å²) in [5.41, 5.74) is 1.48. The van der Waals surface area contributed by atoms with Gasteiger partial charge in [0.15, 0.2) is 0 Å². The maximum absolute atomic E-state index is 15.1. The number of pyridine rings is 2. The van der Waals surface area contributed by atoms with Gasteiger partial charge in [-0.2, -0.15) is 0 Å². The molecule has 8 nitrogen and oxygen atoms in total. The highest BCUT2D eigenvalue weighted by molar-refractivity contribution is 5.93. The molecule has 0 aliphatic carbocycles. The van der Waals surface area contributed by atoms with Crippen LogP contribution in [0.2, 0.25) is 0 Å². The summed E-state index contributed by atoms with van der Waals surface area (Å²) in [6, 6.07) is 12.1. The second-order valence-electron chi connectivity index (χ2n) is 8.75. The van der Waals surface area contributed by atoms with Crippen molar-refractivity contribution < 1.29 is 14.3 Å². The highest BCUT2D eigenvalue weighted by Crippen LogP contribution is 2.27. The lowest BCUT2D eigenvalue weighted by Gasteiger charge is -2.36. The number of rotatable bonds is 5. The van der Waals surface area contributed by atoms with E-state index < -0.39 is 17.2 Å². The predicted octanol–water partition coefficient (Wildman–Crippen LogP) is 3.02. The molecule has 1 fully saturated rings. The third kappa shape index (κ3) is 4.19. The fourth-order valence-corrected chi connectivity index (χ4v) is 4.85. The van der Waals surface area contributed by atoms with Crippen molar-refractivity contribution in [2.24, 2.45) is 0 Å². The molecule has 2 N–H and O–H groups in total. The van der Waals surface area contributed by atoms with E-state index in [1.165, 1.54) is 6.20 Å². The van der Waals surface area contributed by atoms with E-state index >= 15 is 4.39 Å². The number of para-hydroxylation sites is 1. The van der Waals surface area contributed by atoms with Gasteiger partial charge in [-0.3, -0.25) is 14.5 Å². The summed E-state index contributed by atoms with van der Waals surface area (Å²) in [5.74, 6) is -1.87. The molecule has 0 spiro atoms. The standard InChI is InChI=1S/C26H25FN4O4/c1-2-30-15-19(26(34)35)25(33)18-12-20(27)23(13-22(18)30)31-9-7-29(8-10-31)14-16-11-24(32)28-21-6-4-3-5-17(16)21/h3-6,11-13,15H,2,7-10,14H2,1H3,(H,28,32)(H,34,35). The molecule has 1 saturated heterocycles. The van der Waals surface area contributed by atoms with Gasteiger partial charge >= 0.3 is 5.97 Å². The number of anilines is 1. The van der Waals surface area contributed by atoms with Gasteiger partial charge in [0.2, 0.25) is 11.0 Å². The molecule has 2 aromatic heterocycles. The van der Waals surface area contributed by atoms with Crippen LogP contribution >= 0.6 is 0 Å². The minimum Gasteiger partial charge on any atom is -0.477 e. The lowest BCUT2D eigenvalue weighted by Crippen LogP contribution is -2.46. The van der Waals surface area contributed by atoms with Crippen molar-refractivity contribution in [3.8, 4) is 0 Å². The third-order valence-corrected chi connectivity index (χ3v) is 6.66. The van der Waals surface area contributed by atoms with Crippen LogP contribution < -0.4 is 15.9 Å². The summed E-state index contributed by atoms with van der Waals surface area (Å²) >= 11 is 0. The number of hydrogen-bond acceptors (Lipinski definition) is 5. The second kappa shape index (κ2) is 8.99. The first-order valence-corrected chi connectivity index (χ1v) is 11.5. The number of hydrogen-bond donors (Lipinski definition) is 2. The molecule has 4 aromatic rings. The zero-order valence-electron chi connectivity index (χ0n) is 19.3. The van der Waals surface area contributed by atoms with Gasteiger partial charge in [-0.1, -0.05) is 18.2 Å². The maximum atomic E-state index is 15.1. The van der Waals surface area contributed by atoms with Crippen molar-refractivity contribution in [1.29, 1.82) is 0 Å². The number of carbonyl (C=O) groups is 1. The maximum Gasteiger partial charge on any atom is 0.341 e. The summed E-state index contributed by atoms with van der Waals surface area (Å²) in [5, 5.41) is 10.4. The topological polar surface area (TPSA) is 98.6 Å². The van der Waals surface area contributed by atoms with Crippen LogP contribution in [0.25, 0.3) is 21.8 Å². The fraction of sp³-hybridized carbons (Fsp3) is 0.269. The van der Waals surface area contributed by atoms with Crippen LogP contribution in [-0.2, 0) is 13.1 Å². The Morgan fingerprint density at radius 2 is 1.80 bits per heavy atom. The number of carboxylic acids is 1. The zero-order chi connectivity index (χ0) is 24.7. The predicted molar refractivity (Wildman–Crippen MR) is 133 cm³/mol. The summed E-state index contributed by atoms with van der Waals surface area (Å²) in [7, 11) is 0. The smallest absolute Gasteiger partial charge is 0.341 e. The number of carboxylic acid groups (broad SMARTS) is 1. The highest BCUT2D eigenvalue weighted by Gasteiger charge is 2.23. The average molecular weight is 477 g/mol. The molecule has 0 saturated carbocycles. The number of aromatic amines is 1. The number of piperazine rings is 1. The summed E-state index contributed by atoms with van der Waals surface area (Å²) < 4.78 is 16.8. The number of halogens is 1. The summed E-state index contributed by atoms with van der Waals surface area (Å²) in [6.45, 7) is 5.41. The van der Waals surface area contributed by atoms with Gasteiger partial charge in [0.05, 0.1) is 11.2 Å². The van der Waals surface area contributed by atoms with Gasteiger partial charge < -0.3 is 19.6 Å². The number of nitrogens with zero attached hydrogens (tertiary/aromatic N) is 3. The molecular weight excluding hydrogens is 451 g/mol. The molecular formula is C26H25FN4O4. The number of aromatic nitrogens is 2. The number of fused-ring (bicyclic) bond motifs is 2. The van der Waals surface area contributed by atoms with E-state index in [1.54, 1.807) is 16.7 Å². The van der Waals surface area contributed by atoms with Crippen LogP contribution in [0, 0.1) is 5.82 Å². The molecule has 9 heteroatoms. The fourth-order valence-electron chi connectivity index (χ4n) is 4.85. The molecule has 0 amide bonds. The van der Waals surface area contributed by atoms with Gasteiger partial charge in [-0.05, 0) is 30.7 Å². The molecule has 1 aliphatic rings. The van der Waals surface area contributed by atoms with E-state index in [2.05, 4.69) is 9.88 Å². The van der Waals surface area contributed by atoms with E-state index in [4.69, 9.17) is 0 Å². The van der Waals surface area contributed by atoms with E-state index in [-0.39, 0.29) is 16.5 Å². The lowest BCUT2D eigenvalue weighted by molar-refractivity contribution is 0.0695. The third-order valence-electron chi connectivity index (χ3n) is 6.66. The molecule has 0 unspecified atom stereocenters. The minimum atomic E-state index is -1.33. The molecule has 0 bridgehead atoms. The Balaban J connectivity index is 1.40. The van der Waals surface area contributed by atoms with Crippen molar-refractivity contribution in [3.63, 3.8) is 0 Å². The van der Waals surface area contributed by atoms with E-state index in [1.807, 2.05) is 36.1 Å². The van der Waals surface area contributed by atoms with Crippen molar-refractivity contribution in [2.75, 3.05) is 31.1 Å². The SMILES string of the molecule is CCn1cc(C(=O)O)c(=O)c2cc(F)c(N3CCN(Cc4cc(=O)[nH]c5ccccc45)CC3)cc21. The number of nitrogens with one attached hydrogen (secondary N) is 1. The van der Waals surface area contributed by atoms with Crippen LogP contribution in [0.3, 0.4) is 0 Å². The Morgan fingerprint density at radius 3 is 2.51 bits per heavy atom. The first kappa shape index (κ1) is 22.8. The molecule has 0 atom stereocenters. The van der Waals surface area contributed by atoms with Crippen molar-refractivity contribution in [3.05, 3.63) is 86.2 Å². The Hall–Kier alpha value is -3.98. The Kier molecular flexibility index (Phi) is 5.86. The first-order chi connectivity index (χ1) is 16.9. The summed E-state index contributed by atoms with van der Waals surface area (Å²) in [4.78, 5) is 43.2. The number of aromatic carboxylic acids is 1. The number of benzene rings is 2. The van der Waals surface area contributed by atoms with Crippen molar-refractivity contribution >= 4 is 33.5 Å². The van der Waals surface area contributed by atoms with Gasteiger partial charge in [-0.25, -0.2) is 9.18 Å². The van der Waals surface area contributed by atoms with Crippen molar-refractivity contribution in [2.45, 2.75) is 20.0 Å². The number of H-pyrrole nitrogens is 1. The molecule has 35 heavy (non-hydrogen) atoms. The van der Waals surface area contributed by atoms with Gasteiger partial charge in [-0.15, -0.1) is 0 Å². The molecule has 1 aliphatic heterocycles. The van der Waals surface area contributed by atoms with Crippen molar-refractivity contribution in [1.82, 2.24) is 14.5 Å². The van der Waals surface area contributed by atoms with Crippen LogP contribution in [0.5, 0.6) is 0 Å². The van der Waals surface area contributed by atoms with Gasteiger partial charge in [0.25, 0.3) is 0 Å². The average Bonchev–Trinajstić information content (AvgIpc) is 2.84. The van der Waals surface area contributed by atoms with E-state index in [0.717, 1.165) is 22.5 Å². The molecule has 0 radical (unpaired) electrons. The lowest BCUT2D eigenvalue weighted by atomic mass is 10.1. The van der Waals surface area contributed by atoms with Crippen LogP contribution in [0.1, 0.15) is 22.8 Å². The molecule has 180 valence electrons. The second-order valence-corrected chi connectivity index (χ2v) is 8.75. The van der Waals surface area contributed by atoms with Crippen LogP contribution in [0.15, 0.2) is 58.3 Å². The Labute approximate surface area is 199 Å². The van der Waals surface area contributed by atoms with Gasteiger partial charge in [0, 0.05) is 67.8 Å². The van der Waals surface area contributed by atoms with Gasteiger partial charge in [0.1, 0.15) is 11.4 Å². The molecule has 2 aromatic carbocycles. The number of aryl methyl sites for hydroxylation is 1. The van der Waals surface area contributed by atoms with Crippen LogP contribution in [0.4, 0.5) is 10.1 Å². The largest absolute Gasteiger partial charge is 0.477 e.